The third-order valence-electron chi connectivity index (χ3n) is 2.08. The molecule has 1 aromatic rings. The van der Waals surface area contributed by atoms with Crippen molar-refractivity contribution < 1.29 is 27.8 Å². The van der Waals surface area contributed by atoms with E-state index in [1.807, 2.05) is 6.92 Å². The van der Waals surface area contributed by atoms with Crippen molar-refractivity contribution in [3.05, 3.63) is 29.1 Å². The molecule has 0 radical (unpaired) electrons. The van der Waals surface area contributed by atoms with Crippen molar-refractivity contribution in [1.82, 2.24) is 0 Å². The van der Waals surface area contributed by atoms with E-state index >= 15 is 0 Å². The Morgan fingerprint density at radius 3 is 2.59 bits per heavy atom. The smallest absolute Gasteiger partial charge is 0.341 e. The molecule has 6 heteroatoms. The molecule has 94 valence electrons. The Morgan fingerprint density at radius 2 is 2.00 bits per heavy atom. The third kappa shape index (κ3) is 2.89. The average Bonchev–Trinajstić information content (AvgIpc) is 2.31. The highest BCUT2D eigenvalue weighted by Crippen LogP contribution is 2.26. The van der Waals surface area contributed by atoms with Crippen molar-refractivity contribution in [2.45, 2.75) is 19.8 Å². The number of benzene rings is 1. The molecule has 0 heterocycles. The van der Waals surface area contributed by atoms with Gasteiger partial charge in [-0.2, -0.15) is 4.39 Å². The predicted molar refractivity (Wildman–Crippen MR) is 53.2 cm³/mol. The number of phenolic OH excluding ortho intramolecular Hbond substituents is 1. The van der Waals surface area contributed by atoms with E-state index in [9.17, 15) is 18.0 Å². The van der Waals surface area contributed by atoms with Crippen molar-refractivity contribution in [3.63, 3.8) is 0 Å². The molecule has 0 bridgehead atoms. The number of carbonyl (C=O) groups is 1. The summed E-state index contributed by atoms with van der Waals surface area (Å²) < 4.78 is 43.4. The summed E-state index contributed by atoms with van der Waals surface area (Å²) in [6.45, 7) is 1.91. The van der Waals surface area contributed by atoms with Gasteiger partial charge in [0.25, 0.3) is 0 Å². The maximum absolute atomic E-state index is 13.2. The van der Waals surface area contributed by atoms with Crippen LogP contribution in [0.4, 0.5) is 13.2 Å². The first kappa shape index (κ1) is 13.3. The number of unbranched alkanes of at least 4 members (excludes halogenated alkanes) is 1. The number of rotatable bonds is 4. The molecule has 0 amide bonds. The van der Waals surface area contributed by atoms with Gasteiger partial charge in [0.2, 0.25) is 5.82 Å². The Bertz CT molecular complexity index is 432. The third-order valence-corrected chi connectivity index (χ3v) is 2.08. The van der Waals surface area contributed by atoms with E-state index < -0.39 is 34.7 Å². The summed E-state index contributed by atoms with van der Waals surface area (Å²) in [6.07, 6.45) is 1.34. The summed E-state index contributed by atoms with van der Waals surface area (Å²) in [7, 11) is 0. The molecule has 17 heavy (non-hydrogen) atoms. The molecule has 0 atom stereocenters. The zero-order valence-corrected chi connectivity index (χ0v) is 9.10. The van der Waals surface area contributed by atoms with Gasteiger partial charge < -0.3 is 9.84 Å². The quantitative estimate of drug-likeness (QED) is 0.506. The van der Waals surface area contributed by atoms with Gasteiger partial charge in [0.1, 0.15) is 5.56 Å². The van der Waals surface area contributed by atoms with Crippen LogP contribution in [0.5, 0.6) is 5.75 Å². The first-order valence-corrected chi connectivity index (χ1v) is 5.02. The Kier molecular flexibility index (Phi) is 4.37. The van der Waals surface area contributed by atoms with Crippen molar-refractivity contribution in [2.75, 3.05) is 6.61 Å². The molecule has 0 spiro atoms. The van der Waals surface area contributed by atoms with Gasteiger partial charge in [0.05, 0.1) is 6.61 Å². The zero-order chi connectivity index (χ0) is 13.0. The van der Waals surface area contributed by atoms with Crippen LogP contribution < -0.4 is 0 Å². The second kappa shape index (κ2) is 5.56. The molecule has 0 aromatic heterocycles. The minimum atomic E-state index is -1.73. The number of hydrogen-bond acceptors (Lipinski definition) is 3. The van der Waals surface area contributed by atoms with Gasteiger partial charge >= 0.3 is 5.97 Å². The predicted octanol–water partition coefficient (Wildman–Crippen LogP) is 2.77. The normalized spacial score (nSPS) is 10.4. The molecule has 0 unspecified atom stereocenters. The molecular weight excluding hydrogens is 237 g/mol. The number of ether oxygens (including phenoxy) is 1. The monoisotopic (exact) mass is 248 g/mol. The summed E-state index contributed by atoms with van der Waals surface area (Å²) in [5.74, 6) is -7.41. The number of phenols is 1. The lowest BCUT2D eigenvalue weighted by Crippen LogP contribution is -2.10. The number of hydrogen-bond donors (Lipinski definition) is 1. The van der Waals surface area contributed by atoms with E-state index in [4.69, 9.17) is 5.11 Å². The topological polar surface area (TPSA) is 46.5 Å². The van der Waals surface area contributed by atoms with Gasteiger partial charge in [-0.1, -0.05) is 13.3 Å². The lowest BCUT2D eigenvalue weighted by molar-refractivity contribution is 0.0492. The first-order valence-electron chi connectivity index (χ1n) is 5.02. The van der Waals surface area contributed by atoms with Crippen LogP contribution in [-0.4, -0.2) is 17.7 Å². The average molecular weight is 248 g/mol. The van der Waals surface area contributed by atoms with Crippen molar-refractivity contribution >= 4 is 5.97 Å². The lowest BCUT2D eigenvalue weighted by Gasteiger charge is -2.07. The standard InChI is InChI=1S/C11H11F3O3/c1-2-3-4-17-11(16)6-5-7(12)9(14)10(15)8(6)13/h5,15H,2-4H2,1H3. The Labute approximate surface area is 95.8 Å². The molecule has 0 saturated heterocycles. The SMILES string of the molecule is CCCCOC(=O)c1cc(F)c(F)c(O)c1F. The molecule has 0 saturated carbocycles. The molecule has 0 fully saturated rings. The summed E-state index contributed by atoms with van der Waals surface area (Å²) in [5.41, 5.74) is -0.822. The van der Waals surface area contributed by atoms with Gasteiger partial charge in [-0.05, 0) is 12.5 Å². The summed E-state index contributed by atoms with van der Waals surface area (Å²) in [4.78, 5) is 11.3. The fourth-order valence-corrected chi connectivity index (χ4v) is 1.13. The van der Waals surface area contributed by atoms with Crippen LogP contribution >= 0.6 is 0 Å². The van der Waals surface area contributed by atoms with E-state index in [1.165, 1.54) is 0 Å². The highest BCUT2D eigenvalue weighted by atomic mass is 19.2. The highest BCUT2D eigenvalue weighted by Gasteiger charge is 2.23. The summed E-state index contributed by atoms with van der Waals surface area (Å²) in [6, 6.07) is 0.360. The molecule has 1 aromatic carbocycles. The Balaban J connectivity index is 2.94. The molecule has 3 nitrogen and oxygen atoms in total. The zero-order valence-electron chi connectivity index (χ0n) is 9.10. The fourth-order valence-electron chi connectivity index (χ4n) is 1.13. The molecule has 1 N–H and O–H groups in total. The van der Waals surface area contributed by atoms with Crippen LogP contribution in [-0.2, 0) is 4.74 Å². The van der Waals surface area contributed by atoms with Gasteiger partial charge in [0.15, 0.2) is 17.4 Å². The van der Waals surface area contributed by atoms with E-state index in [0.29, 0.717) is 12.5 Å². The van der Waals surface area contributed by atoms with Gasteiger partial charge in [0, 0.05) is 0 Å². The highest BCUT2D eigenvalue weighted by molar-refractivity contribution is 5.90. The van der Waals surface area contributed by atoms with Crippen LogP contribution in [0.3, 0.4) is 0 Å². The van der Waals surface area contributed by atoms with Gasteiger partial charge in [-0.3, -0.25) is 0 Å². The van der Waals surface area contributed by atoms with Gasteiger partial charge in [-0.15, -0.1) is 0 Å². The Morgan fingerprint density at radius 1 is 1.35 bits per heavy atom. The van der Waals surface area contributed by atoms with E-state index in [-0.39, 0.29) is 6.61 Å². The minimum absolute atomic E-state index is 0.0501. The van der Waals surface area contributed by atoms with Crippen LogP contribution in [0.2, 0.25) is 0 Å². The van der Waals surface area contributed by atoms with Crippen LogP contribution in [0, 0.1) is 17.5 Å². The Hall–Kier alpha value is -1.72. The number of aromatic hydroxyl groups is 1. The van der Waals surface area contributed by atoms with E-state index in [1.54, 1.807) is 0 Å². The second-order valence-corrected chi connectivity index (χ2v) is 3.37. The summed E-state index contributed by atoms with van der Waals surface area (Å²) >= 11 is 0. The van der Waals surface area contributed by atoms with Crippen LogP contribution in [0.25, 0.3) is 0 Å². The van der Waals surface area contributed by atoms with E-state index in [2.05, 4.69) is 4.74 Å². The van der Waals surface area contributed by atoms with Crippen LogP contribution in [0.15, 0.2) is 6.07 Å². The first-order chi connectivity index (χ1) is 7.99. The molecular formula is C11H11F3O3. The van der Waals surface area contributed by atoms with Crippen molar-refractivity contribution in [2.24, 2.45) is 0 Å². The largest absolute Gasteiger partial charge is 0.503 e. The molecule has 0 aliphatic rings. The minimum Gasteiger partial charge on any atom is -0.503 e. The van der Waals surface area contributed by atoms with E-state index in [0.717, 1.165) is 6.42 Å². The summed E-state index contributed by atoms with van der Waals surface area (Å²) in [5, 5.41) is 8.89. The number of esters is 1. The second-order valence-electron chi connectivity index (χ2n) is 3.37. The number of carbonyl (C=O) groups excluding carboxylic acids is 1. The van der Waals surface area contributed by atoms with Crippen molar-refractivity contribution in [3.8, 4) is 5.75 Å². The maximum atomic E-state index is 13.2. The molecule has 0 aliphatic heterocycles. The van der Waals surface area contributed by atoms with Crippen molar-refractivity contribution in [1.29, 1.82) is 0 Å². The number of halogens is 3. The van der Waals surface area contributed by atoms with Crippen LogP contribution in [0.1, 0.15) is 30.1 Å². The lowest BCUT2D eigenvalue weighted by atomic mass is 10.2. The maximum Gasteiger partial charge on any atom is 0.341 e. The molecule has 0 aliphatic carbocycles. The van der Waals surface area contributed by atoms with Gasteiger partial charge in [-0.25, -0.2) is 13.6 Å². The molecule has 1 rings (SSSR count). The fraction of sp³-hybridized carbons (Fsp3) is 0.364.